The van der Waals surface area contributed by atoms with Gasteiger partial charge < -0.3 is 14.2 Å². The largest absolute Gasteiger partial charge is 0.481 e. The third-order valence-corrected chi connectivity index (χ3v) is 3.94. The van der Waals surface area contributed by atoms with E-state index in [2.05, 4.69) is 4.98 Å². The summed E-state index contributed by atoms with van der Waals surface area (Å²) in [6.45, 7) is 5.31. The highest BCUT2D eigenvalue weighted by Gasteiger charge is 2.34. The Kier molecular flexibility index (Phi) is 5.96. The van der Waals surface area contributed by atoms with Crippen LogP contribution in [0.15, 0.2) is 29.5 Å². The molecule has 1 aromatic rings. The average molecular weight is 345 g/mol. The Labute approximate surface area is 147 Å². The van der Waals surface area contributed by atoms with Gasteiger partial charge >= 0.3 is 11.9 Å². The number of nitrogens with zero attached hydrogens (tertiary/aromatic N) is 1. The minimum atomic E-state index is -0.550. The molecular weight excluding hydrogens is 322 g/mol. The van der Waals surface area contributed by atoms with Crippen LogP contribution in [0.4, 0.5) is 0 Å². The fraction of sp³-hybridized carbons (Fsp3) is 0.421. The minimum absolute atomic E-state index is 0.181. The summed E-state index contributed by atoms with van der Waals surface area (Å²) in [6.07, 6.45) is 3.22. The third kappa shape index (κ3) is 4.26. The molecule has 0 saturated carbocycles. The van der Waals surface area contributed by atoms with Gasteiger partial charge in [-0.2, -0.15) is 0 Å². The Bertz CT molecular complexity index is 744. The van der Waals surface area contributed by atoms with Crippen molar-refractivity contribution in [3.63, 3.8) is 0 Å². The lowest BCUT2D eigenvalue weighted by Crippen LogP contribution is -2.24. The maximum atomic E-state index is 12.4. The van der Waals surface area contributed by atoms with Crippen molar-refractivity contribution in [1.29, 1.82) is 0 Å². The van der Waals surface area contributed by atoms with Gasteiger partial charge in [0.05, 0.1) is 19.9 Å². The number of aromatic nitrogens is 1. The zero-order valence-corrected chi connectivity index (χ0v) is 15.2. The topological polar surface area (TPSA) is 74.7 Å². The van der Waals surface area contributed by atoms with Gasteiger partial charge in [-0.1, -0.05) is 11.6 Å². The predicted octanol–water partition coefficient (Wildman–Crippen LogP) is 3.07. The van der Waals surface area contributed by atoms with Crippen LogP contribution in [0.1, 0.15) is 38.4 Å². The van der Waals surface area contributed by atoms with Crippen molar-refractivity contribution < 1.29 is 23.8 Å². The van der Waals surface area contributed by atoms with Crippen molar-refractivity contribution in [2.75, 3.05) is 14.2 Å². The minimum Gasteiger partial charge on any atom is -0.481 e. The molecule has 1 aromatic heterocycles. The normalized spacial score (nSPS) is 16.0. The van der Waals surface area contributed by atoms with Crippen molar-refractivity contribution in [2.24, 2.45) is 5.92 Å². The SMILES string of the molecule is COC(=O)C1=C(OC(C)=O)C(CC=C(C)C)Cc2nc(OC)ccc21. The molecular formula is C19H23NO5. The zero-order chi connectivity index (χ0) is 18.6. The molecule has 6 heteroatoms. The molecule has 1 aliphatic rings. The van der Waals surface area contributed by atoms with Gasteiger partial charge in [-0.3, -0.25) is 4.79 Å². The summed E-state index contributed by atoms with van der Waals surface area (Å²) in [6, 6.07) is 3.41. The molecule has 0 fully saturated rings. The molecule has 1 atom stereocenters. The number of allylic oxidation sites excluding steroid dienone is 3. The number of pyridine rings is 1. The van der Waals surface area contributed by atoms with Crippen LogP contribution in [0.25, 0.3) is 5.57 Å². The van der Waals surface area contributed by atoms with Crippen molar-refractivity contribution in [3.05, 3.63) is 40.8 Å². The summed E-state index contributed by atoms with van der Waals surface area (Å²) in [5.41, 5.74) is 2.73. The number of esters is 2. The lowest BCUT2D eigenvalue weighted by Gasteiger charge is -2.27. The number of fused-ring (bicyclic) bond motifs is 1. The van der Waals surface area contributed by atoms with E-state index < -0.39 is 11.9 Å². The van der Waals surface area contributed by atoms with Crippen molar-refractivity contribution in [3.8, 4) is 5.88 Å². The third-order valence-electron chi connectivity index (χ3n) is 3.94. The molecule has 2 rings (SSSR count). The van der Waals surface area contributed by atoms with Gasteiger partial charge in [-0.15, -0.1) is 0 Å². The van der Waals surface area contributed by atoms with E-state index in [0.717, 1.165) is 11.3 Å². The summed E-state index contributed by atoms with van der Waals surface area (Å²) < 4.78 is 15.5. The molecule has 0 saturated heterocycles. The molecule has 1 aliphatic carbocycles. The van der Waals surface area contributed by atoms with E-state index in [1.54, 1.807) is 19.2 Å². The van der Waals surface area contributed by atoms with Gasteiger partial charge in [0.2, 0.25) is 5.88 Å². The Morgan fingerprint density at radius 1 is 1.24 bits per heavy atom. The second-order valence-corrected chi connectivity index (χ2v) is 6.09. The van der Waals surface area contributed by atoms with Crippen LogP contribution in [0, 0.1) is 5.92 Å². The zero-order valence-electron chi connectivity index (χ0n) is 15.2. The van der Waals surface area contributed by atoms with Gasteiger partial charge in [-0.25, -0.2) is 9.78 Å². The fourth-order valence-corrected chi connectivity index (χ4v) is 2.81. The van der Waals surface area contributed by atoms with Crippen molar-refractivity contribution in [1.82, 2.24) is 4.98 Å². The highest BCUT2D eigenvalue weighted by Crippen LogP contribution is 2.38. The summed E-state index contributed by atoms with van der Waals surface area (Å²) in [5, 5.41) is 0. The van der Waals surface area contributed by atoms with Crippen LogP contribution in [-0.4, -0.2) is 31.1 Å². The van der Waals surface area contributed by atoms with E-state index in [1.165, 1.54) is 14.0 Å². The van der Waals surface area contributed by atoms with E-state index in [0.29, 0.717) is 30.0 Å². The standard InChI is InChI=1S/C19H23NO5/c1-11(2)6-7-13-10-15-14(8-9-16(20-15)23-4)17(19(22)24-5)18(13)25-12(3)21/h6,8-9,13H,7,10H2,1-5H3. The lowest BCUT2D eigenvalue weighted by atomic mass is 9.83. The number of ether oxygens (including phenoxy) is 3. The highest BCUT2D eigenvalue weighted by atomic mass is 16.5. The van der Waals surface area contributed by atoms with Gasteiger partial charge in [0.25, 0.3) is 0 Å². The first-order valence-corrected chi connectivity index (χ1v) is 8.05. The second-order valence-electron chi connectivity index (χ2n) is 6.09. The molecule has 0 radical (unpaired) electrons. The molecule has 25 heavy (non-hydrogen) atoms. The second kappa shape index (κ2) is 7.96. The van der Waals surface area contributed by atoms with Crippen LogP contribution in [0.5, 0.6) is 5.88 Å². The van der Waals surface area contributed by atoms with E-state index in [9.17, 15) is 9.59 Å². The van der Waals surface area contributed by atoms with Crippen LogP contribution >= 0.6 is 0 Å². The molecule has 0 N–H and O–H groups in total. The number of hydrogen-bond acceptors (Lipinski definition) is 6. The van der Waals surface area contributed by atoms with Crippen molar-refractivity contribution >= 4 is 17.5 Å². The fourth-order valence-electron chi connectivity index (χ4n) is 2.81. The molecule has 1 heterocycles. The van der Waals surface area contributed by atoms with Crippen LogP contribution in [-0.2, 0) is 25.5 Å². The number of carbonyl (C=O) groups is 2. The number of rotatable bonds is 5. The van der Waals surface area contributed by atoms with Crippen molar-refractivity contribution in [2.45, 2.75) is 33.6 Å². The smallest absolute Gasteiger partial charge is 0.342 e. The average Bonchev–Trinajstić information content (AvgIpc) is 2.58. The molecule has 0 spiro atoms. The molecule has 0 aromatic carbocycles. The molecule has 0 amide bonds. The summed E-state index contributed by atoms with van der Waals surface area (Å²) in [7, 11) is 2.84. The first-order valence-electron chi connectivity index (χ1n) is 8.05. The first kappa shape index (κ1) is 18.7. The lowest BCUT2D eigenvalue weighted by molar-refractivity contribution is -0.138. The Morgan fingerprint density at radius 3 is 2.52 bits per heavy atom. The molecule has 1 unspecified atom stereocenters. The Balaban J connectivity index is 2.63. The maximum absolute atomic E-state index is 12.4. The van der Waals surface area contributed by atoms with E-state index in [4.69, 9.17) is 14.2 Å². The van der Waals surface area contributed by atoms with Gasteiger partial charge in [0.15, 0.2) is 0 Å². The summed E-state index contributed by atoms with van der Waals surface area (Å²) in [4.78, 5) is 28.5. The number of hydrogen-bond donors (Lipinski definition) is 0. The van der Waals surface area contributed by atoms with Gasteiger partial charge in [-0.05, 0) is 26.3 Å². The molecule has 0 aliphatic heterocycles. The van der Waals surface area contributed by atoms with E-state index >= 15 is 0 Å². The number of carbonyl (C=O) groups excluding carboxylic acids is 2. The monoisotopic (exact) mass is 345 g/mol. The van der Waals surface area contributed by atoms with E-state index in [-0.39, 0.29) is 11.5 Å². The van der Waals surface area contributed by atoms with Crippen LogP contribution in [0.2, 0.25) is 0 Å². The van der Waals surface area contributed by atoms with Gasteiger partial charge in [0.1, 0.15) is 11.3 Å². The predicted molar refractivity (Wildman–Crippen MR) is 92.7 cm³/mol. The number of methoxy groups -OCH3 is 2. The molecule has 6 nitrogen and oxygen atoms in total. The van der Waals surface area contributed by atoms with Crippen LogP contribution < -0.4 is 4.74 Å². The first-order chi connectivity index (χ1) is 11.9. The maximum Gasteiger partial charge on any atom is 0.342 e. The van der Waals surface area contributed by atoms with Crippen LogP contribution in [0.3, 0.4) is 0 Å². The summed E-state index contributed by atoms with van der Waals surface area (Å²) in [5.74, 6) is -0.383. The molecule has 134 valence electrons. The Hall–Kier alpha value is -2.63. The Morgan fingerprint density at radius 2 is 1.96 bits per heavy atom. The highest BCUT2D eigenvalue weighted by molar-refractivity contribution is 6.18. The van der Waals surface area contributed by atoms with E-state index in [1.807, 2.05) is 19.9 Å². The summed E-state index contributed by atoms with van der Waals surface area (Å²) >= 11 is 0. The van der Waals surface area contributed by atoms with Gasteiger partial charge in [0, 0.05) is 30.9 Å². The molecule has 0 bridgehead atoms. The quantitative estimate of drug-likeness (QED) is 0.603.